The molecule has 0 aromatic heterocycles. The zero-order valence-electron chi connectivity index (χ0n) is 10.9. The smallest absolute Gasteiger partial charge is 0.335 e. The number of carbonyl (C=O) groups is 3. The van der Waals surface area contributed by atoms with E-state index in [1.54, 1.807) is 12.1 Å². The van der Waals surface area contributed by atoms with E-state index in [0.29, 0.717) is 0 Å². The first-order chi connectivity index (χ1) is 9.99. The number of ketones is 2. The Bertz CT molecular complexity index is 701. The maximum Gasteiger partial charge on any atom is 0.335 e. The number of aromatic hydroxyl groups is 1. The predicted octanol–water partition coefficient (Wildman–Crippen LogP) is 2.55. The maximum atomic E-state index is 12.0. The van der Waals surface area contributed by atoms with Crippen LogP contribution in [0.5, 0.6) is 5.75 Å². The molecule has 0 radical (unpaired) electrons. The summed E-state index contributed by atoms with van der Waals surface area (Å²) in [5, 5.41) is 18.3. The topological polar surface area (TPSA) is 91.7 Å². The largest absolute Gasteiger partial charge is 0.507 e. The lowest BCUT2D eigenvalue weighted by molar-refractivity contribution is 0.0695. The Morgan fingerprint density at radius 2 is 1.38 bits per heavy atom. The van der Waals surface area contributed by atoms with E-state index in [0.717, 1.165) is 0 Å². The highest BCUT2D eigenvalue weighted by Crippen LogP contribution is 2.18. The second kappa shape index (κ2) is 6.00. The van der Waals surface area contributed by atoms with Gasteiger partial charge < -0.3 is 10.2 Å². The molecule has 0 saturated heterocycles. The van der Waals surface area contributed by atoms with Crippen molar-refractivity contribution in [3.63, 3.8) is 0 Å². The number of benzene rings is 2. The molecule has 0 aliphatic rings. The van der Waals surface area contributed by atoms with Gasteiger partial charge in [-0.1, -0.05) is 24.3 Å². The summed E-state index contributed by atoms with van der Waals surface area (Å²) in [5.74, 6) is -2.17. The van der Waals surface area contributed by atoms with Gasteiger partial charge in [0.1, 0.15) is 5.75 Å². The van der Waals surface area contributed by atoms with Crippen LogP contribution >= 0.6 is 0 Å². The van der Waals surface area contributed by atoms with Crippen molar-refractivity contribution in [2.45, 2.75) is 6.42 Å². The van der Waals surface area contributed by atoms with Crippen LogP contribution in [-0.4, -0.2) is 27.7 Å². The highest BCUT2D eigenvalue weighted by molar-refractivity contribution is 6.14. The number of hydrogen-bond donors (Lipinski definition) is 2. The maximum absolute atomic E-state index is 12.0. The fraction of sp³-hybridized carbons (Fsp3) is 0.0625. The highest BCUT2D eigenvalue weighted by atomic mass is 16.4. The Morgan fingerprint density at radius 3 is 1.95 bits per heavy atom. The Kier molecular flexibility index (Phi) is 4.13. The van der Waals surface area contributed by atoms with Crippen molar-refractivity contribution in [2.24, 2.45) is 0 Å². The molecule has 0 atom stereocenters. The average molecular weight is 284 g/mol. The third-order valence-electron chi connectivity index (χ3n) is 2.98. The van der Waals surface area contributed by atoms with E-state index in [1.165, 1.54) is 36.4 Å². The van der Waals surface area contributed by atoms with E-state index in [1.807, 2.05) is 0 Å². The number of aromatic carboxylic acids is 1. The van der Waals surface area contributed by atoms with Crippen molar-refractivity contribution in [1.82, 2.24) is 0 Å². The summed E-state index contributed by atoms with van der Waals surface area (Å²) in [6, 6.07) is 11.3. The van der Waals surface area contributed by atoms with Crippen LogP contribution in [0, 0.1) is 0 Å². The standard InChI is InChI=1S/C16H12O5/c17-13-4-2-1-3-12(13)15(19)9-14(18)10-5-7-11(8-6-10)16(20)21/h1-8,17H,9H2,(H,20,21). The quantitative estimate of drug-likeness (QED) is 0.650. The van der Waals surface area contributed by atoms with E-state index < -0.39 is 17.5 Å². The normalized spacial score (nSPS) is 10.1. The Morgan fingerprint density at radius 1 is 0.810 bits per heavy atom. The van der Waals surface area contributed by atoms with E-state index in [-0.39, 0.29) is 28.9 Å². The van der Waals surface area contributed by atoms with Gasteiger partial charge in [0.2, 0.25) is 0 Å². The monoisotopic (exact) mass is 284 g/mol. The van der Waals surface area contributed by atoms with Crippen molar-refractivity contribution in [1.29, 1.82) is 0 Å². The van der Waals surface area contributed by atoms with E-state index in [2.05, 4.69) is 0 Å². The summed E-state index contributed by atoms with van der Waals surface area (Å²) >= 11 is 0. The van der Waals surface area contributed by atoms with Gasteiger partial charge in [-0.3, -0.25) is 9.59 Å². The molecule has 0 unspecified atom stereocenters. The fourth-order valence-electron chi connectivity index (χ4n) is 1.85. The van der Waals surface area contributed by atoms with Gasteiger partial charge in [-0.2, -0.15) is 0 Å². The van der Waals surface area contributed by atoms with Crippen molar-refractivity contribution in [3.05, 3.63) is 65.2 Å². The molecule has 5 nitrogen and oxygen atoms in total. The SMILES string of the molecule is O=C(O)c1ccc(C(=O)CC(=O)c2ccccc2O)cc1. The molecule has 0 aliphatic carbocycles. The van der Waals surface area contributed by atoms with Crippen molar-refractivity contribution < 1.29 is 24.6 Å². The minimum absolute atomic E-state index is 0.0681. The molecule has 2 rings (SSSR count). The Labute approximate surface area is 120 Å². The van der Waals surface area contributed by atoms with Crippen LogP contribution in [0.4, 0.5) is 0 Å². The minimum Gasteiger partial charge on any atom is -0.507 e. The lowest BCUT2D eigenvalue weighted by Crippen LogP contribution is -2.09. The summed E-state index contributed by atoms with van der Waals surface area (Å²) in [6.45, 7) is 0. The number of phenolic OH excluding ortho intramolecular Hbond substituents is 1. The van der Waals surface area contributed by atoms with Gasteiger partial charge >= 0.3 is 5.97 Å². The van der Waals surface area contributed by atoms with Crippen LogP contribution in [0.15, 0.2) is 48.5 Å². The predicted molar refractivity (Wildman–Crippen MR) is 74.8 cm³/mol. The third kappa shape index (κ3) is 3.33. The molecule has 0 aliphatic heterocycles. The van der Waals surface area contributed by atoms with Crippen LogP contribution in [0.1, 0.15) is 37.5 Å². The minimum atomic E-state index is -1.08. The number of carbonyl (C=O) groups excluding carboxylic acids is 2. The van der Waals surface area contributed by atoms with E-state index >= 15 is 0 Å². The van der Waals surface area contributed by atoms with Crippen molar-refractivity contribution in [3.8, 4) is 5.75 Å². The zero-order chi connectivity index (χ0) is 15.4. The lowest BCUT2D eigenvalue weighted by atomic mass is 10.0. The van der Waals surface area contributed by atoms with Crippen molar-refractivity contribution >= 4 is 17.5 Å². The third-order valence-corrected chi connectivity index (χ3v) is 2.98. The fourth-order valence-corrected chi connectivity index (χ4v) is 1.85. The first-order valence-electron chi connectivity index (χ1n) is 6.17. The molecule has 2 N–H and O–H groups in total. The highest BCUT2D eigenvalue weighted by Gasteiger charge is 2.16. The molecule has 0 fully saturated rings. The average Bonchev–Trinajstić information content (AvgIpc) is 2.47. The molecule has 2 aromatic carbocycles. The van der Waals surface area contributed by atoms with Gasteiger partial charge in [0, 0.05) is 5.56 Å². The molecule has 5 heteroatoms. The van der Waals surface area contributed by atoms with Crippen LogP contribution in [-0.2, 0) is 0 Å². The summed E-state index contributed by atoms with van der Waals surface area (Å²) in [6.07, 6.45) is -0.385. The number of hydrogen-bond acceptors (Lipinski definition) is 4. The molecular formula is C16H12O5. The first-order valence-corrected chi connectivity index (χ1v) is 6.17. The number of Topliss-reactive ketones (excluding diaryl/α,β-unsaturated/α-hetero) is 2. The van der Waals surface area contributed by atoms with Crippen LogP contribution in [0.25, 0.3) is 0 Å². The molecule has 0 bridgehead atoms. The van der Waals surface area contributed by atoms with Gasteiger partial charge in [0.15, 0.2) is 11.6 Å². The molecule has 21 heavy (non-hydrogen) atoms. The van der Waals surface area contributed by atoms with Crippen molar-refractivity contribution in [2.75, 3.05) is 0 Å². The van der Waals surface area contributed by atoms with Crippen LogP contribution < -0.4 is 0 Å². The number of carboxylic acid groups (broad SMARTS) is 1. The van der Waals surface area contributed by atoms with Gasteiger partial charge in [-0.05, 0) is 24.3 Å². The Hall–Kier alpha value is -2.95. The molecule has 0 saturated carbocycles. The van der Waals surface area contributed by atoms with Crippen LogP contribution in [0.2, 0.25) is 0 Å². The lowest BCUT2D eigenvalue weighted by Gasteiger charge is -2.04. The zero-order valence-corrected chi connectivity index (χ0v) is 10.9. The summed E-state index contributed by atoms with van der Waals surface area (Å²) in [4.78, 5) is 34.6. The molecular weight excluding hydrogens is 272 g/mol. The number of phenols is 1. The van der Waals surface area contributed by atoms with E-state index in [9.17, 15) is 19.5 Å². The summed E-state index contributed by atoms with van der Waals surface area (Å²) < 4.78 is 0. The molecule has 106 valence electrons. The number of carboxylic acids is 1. The molecule has 0 amide bonds. The molecule has 0 heterocycles. The second-order valence-electron chi connectivity index (χ2n) is 4.42. The second-order valence-corrected chi connectivity index (χ2v) is 4.42. The Balaban J connectivity index is 2.13. The summed E-state index contributed by atoms with van der Waals surface area (Å²) in [7, 11) is 0. The van der Waals surface area contributed by atoms with Crippen LogP contribution in [0.3, 0.4) is 0 Å². The van der Waals surface area contributed by atoms with Gasteiger partial charge in [-0.15, -0.1) is 0 Å². The summed E-state index contributed by atoms with van der Waals surface area (Å²) in [5.41, 5.74) is 0.412. The van der Waals surface area contributed by atoms with Gasteiger partial charge in [0.25, 0.3) is 0 Å². The molecule has 0 spiro atoms. The van der Waals surface area contributed by atoms with Gasteiger partial charge in [0.05, 0.1) is 17.5 Å². The van der Waals surface area contributed by atoms with E-state index in [4.69, 9.17) is 5.11 Å². The number of rotatable bonds is 5. The first kappa shape index (κ1) is 14.5. The molecule has 2 aromatic rings. The van der Waals surface area contributed by atoms with Gasteiger partial charge in [-0.25, -0.2) is 4.79 Å². The number of para-hydroxylation sites is 1.